The Balaban J connectivity index is 1.84. The predicted octanol–water partition coefficient (Wildman–Crippen LogP) is 1.86. The molecule has 3 heteroatoms. The molecule has 2 aliphatic carbocycles. The van der Waals surface area contributed by atoms with Crippen molar-refractivity contribution in [3.63, 3.8) is 0 Å². The number of nitrogens with zero attached hydrogens (tertiary/aromatic N) is 1. The Hall–Kier alpha value is -1.61. The SMILES string of the molecule is CN1CC(=O)[C@H]2C[C@]23c2cccc4[nH]cc(c24)C[C@@H]13. The van der Waals surface area contributed by atoms with E-state index in [0.29, 0.717) is 18.4 Å². The molecule has 1 saturated heterocycles. The molecule has 2 fully saturated rings. The summed E-state index contributed by atoms with van der Waals surface area (Å²) in [6.45, 7) is 0.632. The number of benzene rings is 1. The fraction of sp³-hybridized carbons (Fsp3) is 0.438. The van der Waals surface area contributed by atoms with Crippen LogP contribution in [0.2, 0.25) is 0 Å². The second-order valence-electron chi connectivity index (χ2n) is 6.44. The number of piperidine rings is 1. The topological polar surface area (TPSA) is 36.1 Å². The average Bonchev–Trinajstić information content (AvgIpc) is 3.02. The fourth-order valence-corrected chi connectivity index (χ4v) is 4.74. The highest BCUT2D eigenvalue weighted by Gasteiger charge is 2.67. The van der Waals surface area contributed by atoms with Crippen LogP contribution in [0.1, 0.15) is 17.5 Å². The lowest BCUT2D eigenvalue weighted by atomic mass is 9.73. The normalized spacial score (nSPS) is 36.2. The summed E-state index contributed by atoms with van der Waals surface area (Å²) in [6.07, 6.45) is 4.30. The van der Waals surface area contributed by atoms with Crippen molar-refractivity contribution < 1.29 is 4.79 Å². The van der Waals surface area contributed by atoms with Crippen LogP contribution < -0.4 is 0 Å². The van der Waals surface area contributed by atoms with E-state index in [2.05, 4.69) is 41.3 Å². The van der Waals surface area contributed by atoms with Gasteiger partial charge in [0.2, 0.25) is 0 Å². The summed E-state index contributed by atoms with van der Waals surface area (Å²) >= 11 is 0. The van der Waals surface area contributed by atoms with Crippen LogP contribution in [0.3, 0.4) is 0 Å². The average molecular weight is 252 g/mol. The maximum Gasteiger partial charge on any atom is 0.150 e. The quantitative estimate of drug-likeness (QED) is 0.777. The minimum Gasteiger partial charge on any atom is -0.361 e. The monoisotopic (exact) mass is 252 g/mol. The van der Waals surface area contributed by atoms with Crippen molar-refractivity contribution in [2.24, 2.45) is 5.92 Å². The summed E-state index contributed by atoms with van der Waals surface area (Å²) in [5.74, 6) is 0.720. The molecule has 0 unspecified atom stereocenters. The van der Waals surface area contributed by atoms with Gasteiger partial charge < -0.3 is 4.98 Å². The fourth-order valence-electron chi connectivity index (χ4n) is 4.74. The van der Waals surface area contributed by atoms with Crippen LogP contribution in [0.5, 0.6) is 0 Å². The van der Waals surface area contributed by atoms with Gasteiger partial charge in [-0.15, -0.1) is 0 Å². The lowest BCUT2D eigenvalue weighted by molar-refractivity contribution is -0.124. The van der Waals surface area contributed by atoms with Gasteiger partial charge in [0.05, 0.1) is 6.54 Å². The van der Waals surface area contributed by atoms with E-state index >= 15 is 0 Å². The molecule has 3 aliphatic rings. The number of carbonyl (C=O) groups is 1. The Morgan fingerprint density at radius 3 is 3.21 bits per heavy atom. The first kappa shape index (κ1) is 10.2. The van der Waals surface area contributed by atoms with Crippen molar-refractivity contribution >= 4 is 16.7 Å². The minimum absolute atomic E-state index is 0.124. The lowest BCUT2D eigenvalue weighted by Gasteiger charge is -2.42. The third-order valence-corrected chi connectivity index (χ3v) is 5.63. The van der Waals surface area contributed by atoms with E-state index in [1.807, 2.05) is 0 Å². The van der Waals surface area contributed by atoms with Crippen molar-refractivity contribution in [2.45, 2.75) is 24.3 Å². The number of H-pyrrole nitrogens is 1. The van der Waals surface area contributed by atoms with Gasteiger partial charge in [-0.05, 0) is 37.1 Å². The van der Waals surface area contributed by atoms with Gasteiger partial charge in [0.1, 0.15) is 0 Å². The third kappa shape index (κ3) is 0.995. The van der Waals surface area contributed by atoms with Crippen molar-refractivity contribution in [1.29, 1.82) is 0 Å². The molecule has 0 radical (unpaired) electrons. The zero-order valence-corrected chi connectivity index (χ0v) is 10.9. The van der Waals surface area contributed by atoms with Crippen molar-refractivity contribution in [3.8, 4) is 0 Å². The summed E-state index contributed by atoms with van der Waals surface area (Å²) in [5, 5.41) is 1.39. The second-order valence-corrected chi connectivity index (χ2v) is 6.44. The third-order valence-electron chi connectivity index (χ3n) is 5.63. The number of ketones is 1. The van der Waals surface area contributed by atoms with Gasteiger partial charge in [-0.25, -0.2) is 0 Å². The predicted molar refractivity (Wildman–Crippen MR) is 73.2 cm³/mol. The maximum absolute atomic E-state index is 12.2. The van der Waals surface area contributed by atoms with Crippen LogP contribution >= 0.6 is 0 Å². The lowest BCUT2D eigenvalue weighted by Crippen LogP contribution is -2.52. The number of nitrogens with one attached hydrogen (secondary N) is 1. The highest BCUT2D eigenvalue weighted by molar-refractivity contribution is 5.95. The molecule has 1 saturated carbocycles. The summed E-state index contributed by atoms with van der Waals surface area (Å²) in [5.41, 5.74) is 4.20. The molecule has 19 heavy (non-hydrogen) atoms. The number of aromatic amines is 1. The standard InChI is InChI=1S/C16H16N2O/c1-18-8-13(19)11-6-16(11)10-3-2-4-12-15(10)9(7-17-12)5-14(16)18/h2-4,7,11,14,17H,5-6,8H2,1H3/t11-,14-,16+/m1/s1. The number of hydrogen-bond donors (Lipinski definition) is 1. The van der Waals surface area contributed by atoms with E-state index in [9.17, 15) is 4.79 Å². The van der Waals surface area contributed by atoms with Crippen LogP contribution in [0, 0.1) is 5.92 Å². The molecule has 96 valence electrons. The Morgan fingerprint density at radius 1 is 1.42 bits per heavy atom. The molecule has 5 rings (SSSR count). The van der Waals surface area contributed by atoms with Crippen LogP contribution in [-0.2, 0) is 16.6 Å². The summed E-state index contributed by atoms with van der Waals surface area (Å²) in [6, 6.07) is 7.02. The molecule has 2 aromatic rings. The second kappa shape index (κ2) is 2.93. The largest absolute Gasteiger partial charge is 0.361 e. The molecule has 0 amide bonds. The zero-order chi connectivity index (χ0) is 12.8. The van der Waals surface area contributed by atoms with E-state index in [0.717, 1.165) is 12.8 Å². The van der Waals surface area contributed by atoms with Crippen molar-refractivity contribution in [1.82, 2.24) is 9.88 Å². The Morgan fingerprint density at radius 2 is 2.32 bits per heavy atom. The number of hydrogen-bond acceptors (Lipinski definition) is 2. The smallest absolute Gasteiger partial charge is 0.150 e. The van der Waals surface area contributed by atoms with E-state index in [4.69, 9.17) is 0 Å². The molecule has 1 spiro atoms. The van der Waals surface area contributed by atoms with Crippen LogP contribution in [-0.4, -0.2) is 35.3 Å². The number of aromatic nitrogens is 1. The van der Waals surface area contributed by atoms with Gasteiger partial charge in [0.25, 0.3) is 0 Å². The molecular weight excluding hydrogens is 236 g/mol. The van der Waals surface area contributed by atoms with Gasteiger partial charge >= 0.3 is 0 Å². The van der Waals surface area contributed by atoms with Crippen molar-refractivity contribution in [2.75, 3.05) is 13.6 Å². The zero-order valence-electron chi connectivity index (χ0n) is 10.9. The molecule has 1 aliphatic heterocycles. The molecule has 1 aromatic carbocycles. The first-order valence-electron chi connectivity index (χ1n) is 7.04. The maximum atomic E-state index is 12.2. The van der Waals surface area contributed by atoms with Gasteiger partial charge in [-0.2, -0.15) is 0 Å². The molecule has 1 N–H and O–H groups in total. The molecule has 1 aromatic heterocycles. The van der Waals surface area contributed by atoms with Crippen LogP contribution in [0.4, 0.5) is 0 Å². The molecule has 3 atom stereocenters. The van der Waals surface area contributed by atoms with Crippen LogP contribution in [0.15, 0.2) is 24.4 Å². The van der Waals surface area contributed by atoms with E-state index in [1.54, 1.807) is 0 Å². The number of Topliss-reactive ketones (excluding diaryl/α,β-unsaturated/α-hetero) is 1. The van der Waals surface area contributed by atoms with E-state index in [-0.39, 0.29) is 11.3 Å². The molecule has 2 heterocycles. The Bertz CT molecular complexity index is 731. The molecule has 0 bridgehead atoms. The number of carbonyl (C=O) groups excluding carboxylic acids is 1. The minimum atomic E-state index is 0.124. The first-order chi connectivity index (χ1) is 9.22. The van der Waals surface area contributed by atoms with Gasteiger partial charge in [-0.3, -0.25) is 9.69 Å². The molecular formula is C16H16N2O. The number of likely N-dealkylation sites (tertiary alicyclic amines) is 1. The van der Waals surface area contributed by atoms with Gasteiger partial charge in [-0.1, -0.05) is 12.1 Å². The van der Waals surface area contributed by atoms with Crippen LogP contribution in [0.25, 0.3) is 10.9 Å². The van der Waals surface area contributed by atoms with E-state index < -0.39 is 0 Å². The first-order valence-corrected chi connectivity index (χ1v) is 7.04. The summed E-state index contributed by atoms with van der Waals surface area (Å²) < 4.78 is 0. The van der Waals surface area contributed by atoms with Crippen molar-refractivity contribution in [3.05, 3.63) is 35.5 Å². The number of rotatable bonds is 0. The highest BCUT2D eigenvalue weighted by atomic mass is 16.1. The number of likely N-dealkylation sites (N-methyl/N-ethyl adjacent to an activating group) is 1. The molecule has 3 nitrogen and oxygen atoms in total. The Kier molecular flexibility index (Phi) is 1.58. The summed E-state index contributed by atoms with van der Waals surface area (Å²) in [7, 11) is 2.11. The highest BCUT2D eigenvalue weighted by Crippen LogP contribution is 2.64. The van der Waals surface area contributed by atoms with Gasteiger partial charge in [0, 0.05) is 34.5 Å². The Labute approximate surface area is 111 Å². The van der Waals surface area contributed by atoms with E-state index in [1.165, 1.54) is 22.0 Å². The summed E-state index contributed by atoms with van der Waals surface area (Å²) in [4.78, 5) is 17.9. The van der Waals surface area contributed by atoms with Gasteiger partial charge in [0.15, 0.2) is 5.78 Å².